The number of anilines is 1. The van der Waals surface area contributed by atoms with Crippen LogP contribution in [-0.4, -0.2) is 62.9 Å². The molecule has 1 aliphatic rings. The second-order valence-electron chi connectivity index (χ2n) is 7.28. The summed E-state index contributed by atoms with van der Waals surface area (Å²) in [4.78, 5) is 24.7. The lowest BCUT2D eigenvalue weighted by Crippen LogP contribution is -2.40. The van der Waals surface area contributed by atoms with Gasteiger partial charge in [-0.15, -0.1) is 5.10 Å². The molecule has 0 aromatic carbocycles. The van der Waals surface area contributed by atoms with Gasteiger partial charge in [-0.3, -0.25) is 4.98 Å². The first-order valence-electron chi connectivity index (χ1n) is 9.46. The highest BCUT2D eigenvalue weighted by atomic mass is 16.6. The lowest BCUT2D eigenvalue weighted by Gasteiger charge is -2.25. The maximum Gasteiger partial charge on any atom is 0.410 e. The van der Waals surface area contributed by atoms with Gasteiger partial charge in [0, 0.05) is 38.1 Å². The summed E-state index contributed by atoms with van der Waals surface area (Å²) in [5.41, 5.74) is 2.66. The molecule has 0 unspecified atom stereocenters. The number of hydrogen-bond acceptors (Lipinski definition) is 6. The number of rotatable bonds is 4. The van der Waals surface area contributed by atoms with E-state index >= 15 is 0 Å². The van der Waals surface area contributed by atoms with Gasteiger partial charge in [-0.1, -0.05) is 0 Å². The van der Waals surface area contributed by atoms with E-state index < -0.39 is 0 Å². The van der Waals surface area contributed by atoms with E-state index in [1.54, 1.807) is 24.3 Å². The zero-order valence-corrected chi connectivity index (χ0v) is 16.3. The van der Waals surface area contributed by atoms with Gasteiger partial charge in [-0.25, -0.2) is 14.3 Å². The number of carbonyl (C=O) groups excluding carboxylic acids is 1. The monoisotopic (exact) mass is 380 g/mol. The number of imidazole rings is 1. The van der Waals surface area contributed by atoms with Crippen LogP contribution in [0.4, 0.5) is 10.6 Å². The molecule has 1 fully saturated rings. The molecule has 146 valence electrons. The Morgan fingerprint density at radius 1 is 1.29 bits per heavy atom. The molecular weight excluding hydrogens is 356 g/mol. The highest BCUT2D eigenvalue weighted by Gasteiger charge is 2.30. The molecule has 8 nitrogen and oxygen atoms in total. The van der Waals surface area contributed by atoms with Crippen LogP contribution in [0.25, 0.3) is 16.9 Å². The van der Waals surface area contributed by atoms with Gasteiger partial charge in [0.15, 0.2) is 5.65 Å². The number of ether oxygens (including phenoxy) is 1. The van der Waals surface area contributed by atoms with E-state index in [1.165, 1.54) is 0 Å². The highest BCUT2D eigenvalue weighted by Crippen LogP contribution is 2.24. The summed E-state index contributed by atoms with van der Waals surface area (Å²) in [6.07, 6.45) is 5.84. The first-order valence-corrected chi connectivity index (χ1v) is 9.46. The van der Waals surface area contributed by atoms with E-state index in [4.69, 9.17) is 9.84 Å². The van der Waals surface area contributed by atoms with Crippen molar-refractivity contribution >= 4 is 17.6 Å². The molecule has 0 aliphatic carbocycles. The molecule has 1 aliphatic heterocycles. The Morgan fingerprint density at radius 3 is 2.89 bits per heavy atom. The second-order valence-corrected chi connectivity index (χ2v) is 7.28. The fourth-order valence-corrected chi connectivity index (χ4v) is 3.44. The summed E-state index contributed by atoms with van der Waals surface area (Å²) in [7, 11) is 1.80. The first-order chi connectivity index (χ1) is 13.5. The summed E-state index contributed by atoms with van der Waals surface area (Å²) in [6, 6.07) is 7.93. The Morgan fingerprint density at radius 2 is 2.14 bits per heavy atom. The van der Waals surface area contributed by atoms with Gasteiger partial charge >= 0.3 is 6.09 Å². The van der Waals surface area contributed by atoms with Crippen molar-refractivity contribution in [2.45, 2.75) is 32.4 Å². The summed E-state index contributed by atoms with van der Waals surface area (Å²) in [5.74, 6) is 0.865. The third-order valence-corrected chi connectivity index (χ3v) is 4.97. The lowest BCUT2D eigenvalue weighted by atomic mass is 10.2. The number of pyridine rings is 1. The molecule has 1 amide bonds. The maximum atomic E-state index is 12.2. The first kappa shape index (κ1) is 18.2. The fourth-order valence-electron chi connectivity index (χ4n) is 3.44. The van der Waals surface area contributed by atoms with Crippen molar-refractivity contribution in [3.63, 3.8) is 0 Å². The van der Waals surface area contributed by atoms with Crippen molar-refractivity contribution in [3.05, 3.63) is 42.9 Å². The predicted octanol–water partition coefficient (Wildman–Crippen LogP) is 2.85. The molecule has 0 N–H and O–H groups in total. The topological polar surface area (TPSA) is 75.9 Å². The number of likely N-dealkylation sites (N-methyl/N-ethyl adjacent to an activating group) is 1. The third-order valence-electron chi connectivity index (χ3n) is 4.97. The van der Waals surface area contributed by atoms with Gasteiger partial charge in [0.1, 0.15) is 5.82 Å². The van der Waals surface area contributed by atoms with E-state index in [0.717, 1.165) is 42.2 Å². The molecule has 0 spiro atoms. The summed E-state index contributed by atoms with van der Waals surface area (Å²) in [6.45, 7) is 5.27. The predicted molar refractivity (Wildman–Crippen MR) is 106 cm³/mol. The SMILES string of the molecule is CC(C)OC(=O)N(C)[C@H]1CCN(c2ccc3ncc(-c4cccnc4)n3n2)C1. The van der Waals surface area contributed by atoms with Crippen molar-refractivity contribution in [3.8, 4) is 11.3 Å². The molecule has 1 atom stereocenters. The average Bonchev–Trinajstić information content (AvgIpc) is 3.34. The quantitative estimate of drug-likeness (QED) is 0.693. The highest BCUT2D eigenvalue weighted by molar-refractivity contribution is 5.68. The normalized spacial score (nSPS) is 16.7. The molecule has 8 heteroatoms. The van der Waals surface area contributed by atoms with Gasteiger partial charge < -0.3 is 14.5 Å². The van der Waals surface area contributed by atoms with E-state index in [-0.39, 0.29) is 18.2 Å². The smallest absolute Gasteiger partial charge is 0.410 e. The van der Waals surface area contributed by atoms with Crippen molar-refractivity contribution in [1.82, 2.24) is 24.5 Å². The van der Waals surface area contributed by atoms with Crippen LogP contribution in [0.2, 0.25) is 0 Å². The van der Waals surface area contributed by atoms with Crippen LogP contribution in [0, 0.1) is 0 Å². The largest absolute Gasteiger partial charge is 0.447 e. The Balaban J connectivity index is 1.55. The van der Waals surface area contributed by atoms with E-state index in [2.05, 4.69) is 14.9 Å². The molecule has 0 bridgehead atoms. The summed E-state index contributed by atoms with van der Waals surface area (Å²) in [5, 5.41) is 4.80. The molecular formula is C20H24N6O2. The Labute approximate surface area is 163 Å². The molecule has 3 aromatic heterocycles. The molecule has 1 saturated heterocycles. The van der Waals surface area contributed by atoms with Gasteiger partial charge in [0.25, 0.3) is 0 Å². The van der Waals surface area contributed by atoms with E-state index in [9.17, 15) is 4.79 Å². The van der Waals surface area contributed by atoms with E-state index in [0.29, 0.717) is 0 Å². The summed E-state index contributed by atoms with van der Waals surface area (Å²) < 4.78 is 7.16. The average molecular weight is 380 g/mol. The van der Waals surface area contributed by atoms with Gasteiger partial charge in [0.2, 0.25) is 0 Å². The molecule has 3 aromatic rings. The van der Waals surface area contributed by atoms with Crippen molar-refractivity contribution in [1.29, 1.82) is 0 Å². The van der Waals surface area contributed by atoms with Crippen LogP contribution in [0.15, 0.2) is 42.9 Å². The molecule has 28 heavy (non-hydrogen) atoms. The maximum absolute atomic E-state index is 12.2. The Kier molecular flexibility index (Phi) is 4.85. The van der Waals surface area contributed by atoms with Crippen LogP contribution in [-0.2, 0) is 4.74 Å². The van der Waals surface area contributed by atoms with Gasteiger partial charge in [-0.05, 0) is 44.5 Å². The number of fused-ring (bicyclic) bond motifs is 1. The van der Waals surface area contributed by atoms with Crippen LogP contribution < -0.4 is 4.90 Å². The van der Waals surface area contributed by atoms with E-state index in [1.807, 2.05) is 48.8 Å². The molecule has 4 rings (SSSR count). The minimum atomic E-state index is -0.279. The minimum absolute atomic E-state index is 0.101. The Hall–Kier alpha value is -3.16. The van der Waals surface area contributed by atoms with Gasteiger partial charge in [-0.2, -0.15) is 0 Å². The zero-order valence-electron chi connectivity index (χ0n) is 16.3. The number of hydrogen-bond donors (Lipinski definition) is 0. The fraction of sp³-hybridized carbons (Fsp3) is 0.400. The minimum Gasteiger partial charge on any atom is -0.447 e. The number of amides is 1. The van der Waals surface area contributed by atoms with Crippen LogP contribution in [0.3, 0.4) is 0 Å². The van der Waals surface area contributed by atoms with Crippen LogP contribution >= 0.6 is 0 Å². The second kappa shape index (κ2) is 7.46. The Bertz CT molecular complexity index is 971. The zero-order chi connectivity index (χ0) is 19.7. The lowest BCUT2D eigenvalue weighted by molar-refractivity contribution is 0.0748. The van der Waals surface area contributed by atoms with Crippen molar-refractivity contribution < 1.29 is 9.53 Å². The third kappa shape index (κ3) is 3.49. The molecule has 0 radical (unpaired) electrons. The standard InChI is InChI=1S/C20H24N6O2/c1-14(2)28-20(27)24(3)16-8-10-25(13-16)19-7-6-18-22-12-17(26(18)23-19)15-5-4-9-21-11-15/h4-7,9,11-12,14,16H,8,10,13H2,1-3H3/t16-/m0/s1. The van der Waals surface area contributed by atoms with Crippen LogP contribution in [0.5, 0.6) is 0 Å². The van der Waals surface area contributed by atoms with Gasteiger partial charge in [0.05, 0.1) is 24.0 Å². The van der Waals surface area contributed by atoms with Crippen molar-refractivity contribution in [2.75, 3.05) is 25.0 Å². The number of aromatic nitrogens is 4. The molecule has 4 heterocycles. The molecule has 0 saturated carbocycles. The van der Waals surface area contributed by atoms with Crippen LogP contribution in [0.1, 0.15) is 20.3 Å². The van der Waals surface area contributed by atoms with Crippen molar-refractivity contribution in [2.24, 2.45) is 0 Å². The number of nitrogens with zero attached hydrogens (tertiary/aromatic N) is 6. The summed E-state index contributed by atoms with van der Waals surface area (Å²) >= 11 is 0. The number of carbonyl (C=O) groups is 1.